The van der Waals surface area contributed by atoms with Crippen LogP contribution in [0.25, 0.3) is 0 Å². The predicted molar refractivity (Wildman–Crippen MR) is 39.7 cm³/mol. The average molecular weight is 192 g/mol. The molecule has 1 N–H and O–H groups in total. The molecule has 0 heterocycles. The molecular weight excluding hydrogens is 185 g/mol. The molecule has 0 radical (unpaired) electrons. The van der Waals surface area contributed by atoms with Crippen LogP contribution < -0.4 is 4.74 Å². The third-order valence-corrected chi connectivity index (χ3v) is 1.51. The Morgan fingerprint density at radius 1 is 1.31 bits per heavy atom. The molecule has 0 amide bonds. The van der Waals surface area contributed by atoms with E-state index in [-0.39, 0.29) is 5.75 Å². The topological polar surface area (TPSA) is 29.5 Å². The van der Waals surface area contributed by atoms with Crippen LogP contribution in [0.5, 0.6) is 11.5 Å². The van der Waals surface area contributed by atoms with Crippen LogP contribution in [0.2, 0.25) is 0 Å². The Balaban J connectivity index is 3.19. The SMILES string of the molecule is COc1ccc(O)c(C(F)(F)F)c1. The molecule has 1 aromatic carbocycles. The zero-order chi connectivity index (χ0) is 10.1. The van der Waals surface area contributed by atoms with Gasteiger partial charge >= 0.3 is 6.18 Å². The minimum absolute atomic E-state index is 0.0603. The van der Waals surface area contributed by atoms with Gasteiger partial charge in [-0.25, -0.2) is 0 Å². The molecule has 1 rings (SSSR count). The maximum atomic E-state index is 12.1. The number of hydrogen-bond acceptors (Lipinski definition) is 2. The van der Waals surface area contributed by atoms with Gasteiger partial charge in [0.1, 0.15) is 17.1 Å². The summed E-state index contributed by atoms with van der Waals surface area (Å²) in [6.07, 6.45) is -4.56. The van der Waals surface area contributed by atoms with Crippen molar-refractivity contribution in [2.75, 3.05) is 7.11 Å². The highest BCUT2D eigenvalue weighted by Crippen LogP contribution is 2.37. The van der Waals surface area contributed by atoms with Crippen LogP contribution in [0.4, 0.5) is 13.2 Å². The minimum Gasteiger partial charge on any atom is -0.507 e. The molecule has 72 valence electrons. The van der Waals surface area contributed by atoms with E-state index in [9.17, 15) is 13.2 Å². The highest BCUT2D eigenvalue weighted by Gasteiger charge is 2.34. The molecule has 5 heteroatoms. The van der Waals surface area contributed by atoms with Crippen molar-refractivity contribution in [3.63, 3.8) is 0 Å². The minimum atomic E-state index is -4.56. The third kappa shape index (κ3) is 2.05. The van der Waals surface area contributed by atoms with Crippen LogP contribution in [0.3, 0.4) is 0 Å². The molecule has 0 aliphatic carbocycles. The van der Waals surface area contributed by atoms with Crippen molar-refractivity contribution < 1.29 is 23.0 Å². The zero-order valence-corrected chi connectivity index (χ0v) is 6.72. The summed E-state index contributed by atoms with van der Waals surface area (Å²) in [4.78, 5) is 0. The molecular formula is C8H7F3O2. The number of rotatable bonds is 1. The monoisotopic (exact) mass is 192 g/mol. The van der Waals surface area contributed by atoms with Crippen LogP contribution in [0.1, 0.15) is 5.56 Å². The first kappa shape index (κ1) is 9.70. The van der Waals surface area contributed by atoms with E-state index in [4.69, 9.17) is 5.11 Å². The molecule has 1 aromatic rings. The van der Waals surface area contributed by atoms with Crippen LogP contribution in [0, 0.1) is 0 Å². The van der Waals surface area contributed by atoms with Crippen LogP contribution in [0.15, 0.2) is 18.2 Å². The lowest BCUT2D eigenvalue weighted by Crippen LogP contribution is -2.05. The quantitative estimate of drug-likeness (QED) is 0.740. The highest BCUT2D eigenvalue weighted by molar-refractivity contribution is 5.40. The van der Waals surface area contributed by atoms with Gasteiger partial charge in [-0.1, -0.05) is 0 Å². The molecule has 13 heavy (non-hydrogen) atoms. The third-order valence-electron chi connectivity index (χ3n) is 1.51. The van der Waals surface area contributed by atoms with Gasteiger partial charge in [-0.2, -0.15) is 13.2 Å². The molecule has 0 bridgehead atoms. The predicted octanol–water partition coefficient (Wildman–Crippen LogP) is 2.42. The lowest BCUT2D eigenvalue weighted by atomic mass is 10.2. The number of phenolic OH excluding ortho intramolecular Hbond substituents is 1. The molecule has 0 aliphatic rings. The molecule has 0 saturated carbocycles. The van der Waals surface area contributed by atoms with Gasteiger partial charge < -0.3 is 9.84 Å². The van der Waals surface area contributed by atoms with Crippen LogP contribution in [-0.4, -0.2) is 12.2 Å². The molecule has 0 spiro atoms. The van der Waals surface area contributed by atoms with E-state index in [2.05, 4.69) is 4.74 Å². The van der Waals surface area contributed by atoms with Gasteiger partial charge in [0.2, 0.25) is 0 Å². The number of aromatic hydroxyl groups is 1. The van der Waals surface area contributed by atoms with Crippen molar-refractivity contribution in [3.8, 4) is 11.5 Å². The number of methoxy groups -OCH3 is 1. The van der Waals surface area contributed by atoms with E-state index < -0.39 is 17.5 Å². The Kier molecular flexibility index (Phi) is 2.36. The van der Waals surface area contributed by atoms with E-state index in [1.54, 1.807) is 0 Å². The first-order valence-corrected chi connectivity index (χ1v) is 3.39. The molecule has 2 nitrogen and oxygen atoms in total. The molecule has 0 fully saturated rings. The first-order chi connectivity index (χ1) is 5.95. The number of phenols is 1. The maximum Gasteiger partial charge on any atom is 0.420 e. The van der Waals surface area contributed by atoms with Crippen molar-refractivity contribution in [2.24, 2.45) is 0 Å². The Bertz CT molecular complexity index is 307. The lowest BCUT2D eigenvalue weighted by molar-refractivity contribution is -0.138. The molecule has 0 saturated heterocycles. The Hall–Kier alpha value is -1.39. The van der Waals surface area contributed by atoms with Crippen molar-refractivity contribution in [2.45, 2.75) is 6.18 Å². The van der Waals surface area contributed by atoms with E-state index in [0.717, 1.165) is 12.1 Å². The van der Waals surface area contributed by atoms with Gasteiger partial charge in [-0.15, -0.1) is 0 Å². The maximum absolute atomic E-state index is 12.1. The number of alkyl halides is 3. The second-order valence-electron chi connectivity index (χ2n) is 2.38. The largest absolute Gasteiger partial charge is 0.507 e. The Morgan fingerprint density at radius 3 is 2.38 bits per heavy atom. The zero-order valence-electron chi connectivity index (χ0n) is 6.72. The fraction of sp³-hybridized carbons (Fsp3) is 0.250. The van der Waals surface area contributed by atoms with Gasteiger partial charge in [0.05, 0.1) is 7.11 Å². The smallest absolute Gasteiger partial charge is 0.420 e. The number of benzene rings is 1. The number of halogens is 3. The molecule has 0 unspecified atom stereocenters. The van der Waals surface area contributed by atoms with E-state index >= 15 is 0 Å². The molecule has 0 aromatic heterocycles. The standard InChI is InChI=1S/C8H7F3O2/c1-13-5-2-3-7(12)6(4-5)8(9,10)11/h2-4,12H,1H3. The second-order valence-corrected chi connectivity index (χ2v) is 2.38. The van der Waals surface area contributed by atoms with E-state index in [0.29, 0.717) is 0 Å². The van der Waals surface area contributed by atoms with Gasteiger partial charge in [-0.3, -0.25) is 0 Å². The highest BCUT2D eigenvalue weighted by atomic mass is 19.4. The van der Waals surface area contributed by atoms with Gasteiger partial charge in [0.15, 0.2) is 0 Å². The van der Waals surface area contributed by atoms with Gasteiger partial charge in [0.25, 0.3) is 0 Å². The second kappa shape index (κ2) is 3.16. The fourth-order valence-corrected chi connectivity index (χ4v) is 0.869. The number of hydrogen-bond donors (Lipinski definition) is 1. The summed E-state index contributed by atoms with van der Waals surface area (Å²) in [5, 5.41) is 8.89. The van der Waals surface area contributed by atoms with Crippen molar-refractivity contribution in [1.82, 2.24) is 0 Å². The Morgan fingerprint density at radius 2 is 1.92 bits per heavy atom. The normalized spacial score (nSPS) is 11.4. The van der Waals surface area contributed by atoms with Crippen molar-refractivity contribution >= 4 is 0 Å². The van der Waals surface area contributed by atoms with Gasteiger partial charge in [0, 0.05) is 0 Å². The number of ether oxygens (including phenoxy) is 1. The fourth-order valence-electron chi connectivity index (χ4n) is 0.869. The first-order valence-electron chi connectivity index (χ1n) is 3.39. The Labute approximate surface area is 72.6 Å². The summed E-state index contributed by atoms with van der Waals surface area (Å²) < 4.78 is 41.0. The molecule has 0 atom stereocenters. The van der Waals surface area contributed by atoms with Crippen LogP contribution in [-0.2, 0) is 6.18 Å². The van der Waals surface area contributed by atoms with E-state index in [1.807, 2.05) is 0 Å². The summed E-state index contributed by atoms with van der Waals surface area (Å²) in [5.41, 5.74) is -1.09. The summed E-state index contributed by atoms with van der Waals surface area (Å²) in [5.74, 6) is -0.738. The summed E-state index contributed by atoms with van der Waals surface area (Å²) in [6.45, 7) is 0. The van der Waals surface area contributed by atoms with Crippen molar-refractivity contribution in [3.05, 3.63) is 23.8 Å². The average Bonchev–Trinajstić information content (AvgIpc) is 2.03. The van der Waals surface area contributed by atoms with Crippen molar-refractivity contribution in [1.29, 1.82) is 0 Å². The van der Waals surface area contributed by atoms with Crippen LogP contribution >= 0.6 is 0 Å². The molecule has 0 aliphatic heterocycles. The summed E-state index contributed by atoms with van der Waals surface area (Å²) in [7, 11) is 1.26. The van der Waals surface area contributed by atoms with Gasteiger partial charge in [-0.05, 0) is 18.2 Å². The van der Waals surface area contributed by atoms with E-state index in [1.165, 1.54) is 13.2 Å². The summed E-state index contributed by atoms with van der Waals surface area (Å²) in [6, 6.07) is 2.95. The summed E-state index contributed by atoms with van der Waals surface area (Å²) >= 11 is 0. The lowest BCUT2D eigenvalue weighted by Gasteiger charge is -2.09.